The highest BCUT2D eigenvalue weighted by molar-refractivity contribution is 6.33. The number of hydrogen-bond donors (Lipinski definition) is 0. The van der Waals surface area contributed by atoms with Crippen molar-refractivity contribution in [3.8, 4) is 0 Å². The lowest BCUT2D eigenvalue weighted by Gasteiger charge is -2.09. The summed E-state index contributed by atoms with van der Waals surface area (Å²) in [6.45, 7) is 8.17. The van der Waals surface area contributed by atoms with Gasteiger partial charge in [0.1, 0.15) is 0 Å². The average molecular weight is 176 g/mol. The van der Waals surface area contributed by atoms with E-state index in [-0.39, 0.29) is 0 Å². The molecule has 1 aromatic carbocycles. The van der Waals surface area contributed by atoms with E-state index < -0.39 is 0 Å². The molecule has 1 rings (SSSR count). The first-order valence-corrected chi connectivity index (χ1v) is 5.33. The second-order valence-electron chi connectivity index (χ2n) is 3.28. The Morgan fingerprint density at radius 3 is 2.58 bits per heavy atom. The number of rotatable bonds is 2. The summed E-state index contributed by atoms with van der Waals surface area (Å²) >= 11 is 0. The quantitative estimate of drug-likeness (QED) is 0.466. The summed E-state index contributed by atoms with van der Waals surface area (Å²) in [5.41, 5.74) is 4.34. The maximum Gasteiger partial charge on any atom is 0.0388 e. The minimum absolute atomic E-state index is 0.995. The van der Waals surface area contributed by atoms with Gasteiger partial charge in [0.05, 0.1) is 0 Å². The summed E-state index contributed by atoms with van der Waals surface area (Å²) in [7, 11) is 1.15. The monoisotopic (exact) mass is 176 g/mol. The fourth-order valence-corrected chi connectivity index (χ4v) is 1.93. The lowest BCUT2D eigenvalue weighted by molar-refractivity contribution is 1.19. The second-order valence-corrected chi connectivity index (χ2v) is 4.36. The number of benzene rings is 1. The predicted octanol–water partition coefficient (Wildman–Crippen LogP) is 1.02. The molecular weight excluding hydrogens is 160 g/mol. The van der Waals surface area contributed by atoms with Crippen LogP contribution in [0.15, 0.2) is 24.8 Å². The molecular formula is C11H16Si. The van der Waals surface area contributed by atoms with E-state index in [1.54, 1.807) is 0 Å². The molecule has 1 heteroatoms. The molecule has 0 spiro atoms. The Kier molecular flexibility index (Phi) is 2.87. The molecule has 0 saturated heterocycles. The van der Waals surface area contributed by atoms with Gasteiger partial charge in [0, 0.05) is 10.2 Å². The number of hydrogen-bond acceptors (Lipinski definition) is 0. The van der Waals surface area contributed by atoms with Gasteiger partial charge < -0.3 is 0 Å². The SMILES string of the molecule is C=CCc1ccc([SiH3])c(C)c1C. The molecule has 0 aliphatic carbocycles. The van der Waals surface area contributed by atoms with E-state index in [1.165, 1.54) is 21.9 Å². The van der Waals surface area contributed by atoms with E-state index in [2.05, 4.69) is 32.6 Å². The van der Waals surface area contributed by atoms with Crippen LogP contribution >= 0.6 is 0 Å². The topological polar surface area (TPSA) is 0 Å². The van der Waals surface area contributed by atoms with Crippen LogP contribution in [0.4, 0.5) is 0 Å². The summed E-state index contributed by atoms with van der Waals surface area (Å²) in [5, 5.41) is 1.51. The van der Waals surface area contributed by atoms with Crippen LogP contribution in [0.25, 0.3) is 0 Å². The first-order chi connectivity index (χ1) is 5.66. The molecule has 1 aromatic rings. The summed E-state index contributed by atoms with van der Waals surface area (Å²) in [6, 6.07) is 4.47. The maximum absolute atomic E-state index is 3.76. The van der Waals surface area contributed by atoms with E-state index in [9.17, 15) is 0 Å². The highest BCUT2D eigenvalue weighted by Gasteiger charge is 2.00. The van der Waals surface area contributed by atoms with Crippen LogP contribution in [0.1, 0.15) is 16.7 Å². The van der Waals surface area contributed by atoms with E-state index in [4.69, 9.17) is 0 Å². The Bertz CT molecular complexity index is 300. The Morgan fingerprint density at radius 2 is 2.00 bits per heavy atom. The van der Waals surface area contributed by atoms with Gasteiger partial charge in [0.25, 0.3) is 0 Å². The fraction of sp³-hybridized carbons (Fsp3) is 0.273. The predicted molar refractivity (Wildman–Crippen MR) is 59.4 cm³/mol. The van der Waals surface area contributed by atoms with Crippen LogP contribution in [-0.4, -0.2) is 10.2 Å². The molecule has 0 aliphatic rings. The van der Waals surface area contributed by atoms with Crippen molar-refractivity contribution in [2.24, 2.45) is 0 Å². The zero-order valence-corrected chi connectivity index (χ0v) is 10.1. The van der Waals surface area contributed by atoms with Crippen molar-refractivity contribution in [3.05, 3.63) is 41.5 Å². The van der Waals surface area contributed by atoms with Crippen LogP contribution in [0.3, 0.4) is 0 Å². The first-order valence-electron chi connectivity index (χ1n) is 4.33. The Hall–Kier alpha value is -0.823. The Morgan fingerprint density at radius 1 is 1.33 bits per heavy atom. The summed E-state index contributed by atoms with van der Waals surface area (Å²) in [4.78, 5) is 0. The zero-order chi connectivity index (χ0) is 9.14. The number of allylic oxidation sites excluding steroid dienone is 1. The lowest BCUT2D eigenvalue weighted by Crippen LogP contribution is -2.10. The Labute approximate surface area is 77.7 Å². The molecule has 0 aliphatic heterocycles. The second kappa shape index (κ2) is 3.72. The van der Waals surface area contributed by atoms with Crippen molar-refractivity contribution in [2.45, 2.75) is 20.3 Å². The van der Waals surface area contributed by atoms with Crippen molar-refractivity contribution >= 4 is 15.4 Å². The third-order valence-electron chi connectivity index (χ3n) is 2.53. The van der Waals surface area contributed by atoms with Crippen LogP contribution in [0, 0.1) is 13.8 Å². The highest BCUT2D eigenvalue weighted by Crippen LogP contribution is 2.11. The van der Waals surface area contributed by atoms with Crippen LogP contribution in [0.2, 0.25) is 0 Å². The molecule has 0 heterocycles. The molecule has 0 saturated carbocycles. The molecule has 0 nitrogen and oxygen atoms in total. The van der Waals surface area contributed by atoms with Crippen LogP contribution in [0.5, 0.6) is 0 Å². The first kappa shape index (κ1) is 9.27. The normalized spacial score (nSPS) is 10.2. The third kappa shape index (κ3) is 1.67. The van der Waals surface area contributed by atoms with Crippen molar-refractivity contribution in [3.63, 3.8) is 0 Å². The standard InChI is InChI=1S/C11H16Si/c1-4-5-10-6-7-11(12)9(3)8(10)2/h4,6-7H,1,5H2,2-3,12H3. The molecule has 64 valence electrons. The highest BCUT2D eigenvalue weighted by atomic mass is 28.1. The smallest absolute Gasteiger partial charge is 0.0388 e. The van der Waals surface area contributed by atoms with Gasteiger partial charge in [-0.25, -0.2) is 0 Å². The van der Waals surface area contributed by atoms with Gasteiger partial charge in [-0.2, -0.15) is 0 Å². The average Bonchev–Trinajstić information content (AvgIpc) is 2.07. The lowest BCUT2D eigenvalue weighted by atomic mass is 10.0. The van der Waals surface area contributed by atoms with E-state index >= 15 is 0 Å². The molecule has 0 atom stereocenters. The van der Waals surface area contributed by atoms with Gasteiger partial charge in [-0.15, -0.1) is 6.58 Å². The Balaban J connectivity index is 3.16. The van der Waals surface area contributed by atoms with Crippen molar-refractivity contribution in [1.29, 1.82) is 0 Å². The van der Waals surface area contributed by atoms with Gasteiger partial charge in [0.15, 0.2) is 0 Å². The molecule has 0 aromatic heterocycles. The van der Waals surface area contributed by atoms with Gasteiger partial charge in [-0.3, -0.25) is 0 Å². The molecule has 0 N–H and O–H groups in total. The minimum atomic E-state index is 0.995. The van der Waals surface area contributed by atoms with Gasteiger partial charge in [-0.1, -0.05) is 23.4 Å². The summed E-state index contributed by atoms with van der Waals surface area (Å²) < 4.78 is 0. The van der Waals surface area contributed by atoms with Gasteiger partial charge in [0.2, 0.25) is 0 Å². The molecule has 0 amide bonds. The van der Waals surface area contributed by atoms with Crippen LogP contribution < -0.4 is 5.19 Å². The molecule has 0 bridgehead atoms. The van der Waals surface area contributed by atoms with Crippen molar-refractivity contribution < 1.29 is 0 Å². The summed E-state index contributed by atoms with van der Waals surface area (Å²) in [5.74, 6) is 0. The van der Waals surface area contributed by atoms with Crippen molar-refractivity contribution in [2.75, 3.05) is 0 Å². The minimum Gasteiger partial charge on any atom is -0.103 e. The molecule has 0 unspecified atom stereocenters. The largest absolute Gasteiger partial charge is 0.103 e. The molecule has 0 fully saturated rings. The van der Waals surface area contributed by atoms with Crippen LogP contribution in [-0.2, 0) is 6.42 Å². The van der Waals surface area contributed by atoms with Gasteiger partial charge in [-0.05, 0) is 37.0 Å². The van der Waals surface area contributed by atoms with Gasteiger partial charge >= 0.3 is 0 Å². The maximum atomic E-state index is 3.76. The summed E-state index contributed by atoms with van der Waals surface area (Å²) in [6.07, 6.45) is 2.96. The third-order valence-corrected chi connectivity index (χ3v) is 3.62. The van der Waals surface area contributed by atoms with E-state index in [0.717, 1.165) is 16.7 Å². The molecule has 12 heavy (non-hydrogen) atoms. The van der Waals surface area contributed by atoms with E-state index in [0.29, 0.717) is 0 Å². The fourth-order valence-electron chi connectivity index (χ4n) is 1.39. The molecule has 0 radical (unpaired) electrons. The van der Waals surface area contributed by atoms with Crippen molar-refractivity contribution in [1.82, 2.24) is 0 Å². The van der Waals surface area contributed by atoms with E-state index in [1.807, 2.05) is 6.08 Å². The zero-order valence-electron chi connectivity index (χ0n) is 8.15.